The number of aromatic nitrogens is 1. The van der Waals surface area contributed by atoms with Crippen molar-refractivity contribution in [3.05, 3.63) is 57.9 Å². The number of aryl methyl sites for hydroxylation is 1. The maximum absolute atomic E-state index is 12.3. The van der Waals surface area contributed by atoms with Gasteiger partial charge in [0.15, 0.2) is 0 Å². The number of hydrogen-bond donors (Lipinski definition) is 1. The molecule has 2 rings (SSSR count). The highest BCUT2D eigenvalue weighted by Gasteiger charge is 2.16. The van der Waals surface area contributed by atoms with Gasteiger partial charge in [-0.2, -0.15) is 0 Å². The Labute approximate surface area is 117 Å². The lowest BCUT2D eigenvalue weighted by Gasteiger charge is -2.17. The van der Waals surface area contributed by atoms with Gasteiger partial charge in [-0.1, -0.05) is 29.8 Å². The van der Waals surface area contributed by atoms with Crippen molar-refractivity contribution in [1.29, 1.82) is 0 Å². The number of nitrogens with zero attached hydrogens (tertiary/aromatic N) is 1. The van der Waals surface area contributed by atoms with Crippen LogP contribution in [0.1, 0.15) is 35.8 Å². The van der Waals surface area contributed by atoms with E-state index in [0.717, 1.165) is 16.8 Å². The molecule has 1 aromatic carbocycles. The fourth-order valence-electron chi connectivity index (χ4n) is 2.19. The number of carboxylic acids is 1. The first kappa shape index (κ1) is 14.1. The second kappa shape index (κ2) is 5.33. The maximum atomic E-state index is 12.3. The number of carbonyl (C=O) groups is 1. The van der Waals surface area contributed by atoms with E-state index < -0.39 is 11.5 Å². The molecule has 20 heavy (non-hydrogen) atoms. The molecule has 1 N–H and O–H groups in total. The zero-order chi connectivity index (χ0) is 14.9. The Kier molecular flexibility index (Phi) is 3.74. The Morgan fingerprint density at radius 1 is 1.10 bits per heavy atom. The Morgan fingerprint density at radius 2 is 1.70 bits per heavy atom. The molecule has 0 aliphatic rings. The monoisotopic (exact) mass is 271 g/mol. The summed E-state index contributed by atoms with van der Waals surface area (Å²) in [6.07, 6.45) is 0. The smallest absolute Gasteiger partial charge is 0.341 e. The second-order valence-electron chi connectivity index (χ2n) is 5.07. The van der Waals surface area contributed by atoms with Crippen LogP contribution >= 0.6 is 0 Å². The molecule has 1 heterocycles. The van der Waals surface area contributed by atoms with Crippen LogP contribution in [0.2, 0.25) is 0 Å². The Balaban J connectivity index is 2.71. The zero-order valence-corrected chi connectivity index (χ0v) is 11.8. The number of rotatable bonds is 3. The van der Waals surface area contributed by atoms with Gasteiger partial charge >= 0.3 is 5.97 Å². The lowest BCUT2D eigenvalue weighted by molar-refractivity contribution is 0.0694. The lowest BCUT2D eigenvalue weighted by Crippen LogP contribution is -2.28. The number of hydrogen-bond acceptors (Lipinski definition) is 2. The summed E-state index contributed by atoms with van der Waals surface area (Å²) in [4.78, 5) is 23.4. The molecule has 0 fully saturated rings. The van der Waals surface area contributed by atoms with Gasteiger partial charge in [-0.15, -0.1) is 0 Å². The van der Waals surface area contributed by atoms with E-state index in [9.17, 15) is 9.59 Å². The number of benzene rings is 1. The molecule has 0 aliphatic heterocycles. The fraction of sp³-hybridized carbons (Fsp3) is 0.250. The number of carboxylic acid groups (broad SMARTS) is 1. The minimum absolute atomic E-state index is 0.113. The quantitative estimate of drug-likeness (QED) is 0.933. The van der Waals surface area contributed by atoms with E-state index in [-0.39, 0.29) is 11.6 Å². The van der Waals surface area contributed by atoms with Gasteiger partial charge in [0, 0.05) is 6.04 Å². The minimum Gasteiger partial charge on any atom is -0.477 e. The van der Waals surface area contributed by atoms with Crippen molar-refractivity contribution in [2.45, 2.75) is 26.8 Å². The Bertz CT molecular complexity index is 697. The van der Waals surface area contributed by atoms with Crippen molar-refractivity contribution in [3.63, 3.8) is 0 Å². The molecular weight excluding hydrogens is 254 g/mol. The SMILES string of the molecule is Cc1ccc(-c2ccc(C(=O)O)c(=O)n2C(C)C)cc1. The third kappa shape index (κ3) is 2.50. The molecule has 0 unspecified atom stereocenters. The van der Waals surface area contributed by atoms with Crippen molar-refractivity contribution in [3.8, 4) is 11.3 Å². The predicted molar refractivity (Wildman–Crippen MR) is 78.2 cm³/mol. The van der Waals surface area contributed by atoms with Crippen LogP contribution in [-0.4, -0.2) is 15.6 Å². The molecule has 0 spiro atoms. The van der Waals surface area contributed by atoms with E-state index in [2.05, 4.69) is 0 Å². The molecule has 0 bridgehead atoms. The summed E-state index contributed by atoms with van der Waals surface area (Å²) in [5, 5.41) is 9.06. The lowest BCUT2D eigenvalue weighted by atomic mass is 10.1. The van der Waals surface area contributed by atoms with Gasteiger partial charge in [0.1, 0.15) is 5.56 Å². The molecule has 0 saturated heterocycles. The van der Waals surface area contributed by atoms with Gasteiger partial charge < -0.3 is 9.67 Å². The summed E-state index contributed by atoms with van der Waals surface area (Å²) in [7, 11) is 0. The van der Waals surface area contributed by atoms with Crippen molar-refractivity contribution >= 4 is 5.97 Å². The van der Waals surface area contributed by atoms with Gasteiger partial charge in [0.05, 0.1) is 5.69 Å². The summed E-state index contributed by atoms with van der Waals surface area (Å²) in [6, 6.07) is 10.8. The molecule has 4 heteroatoms. The third-order valence-electron chi connectivity index (χ3n) is 3.21. The molecule has 2 aromatic rings. The number of pyridine rings is 1. The van der Waals surface area contributed by atoms with E-state index in [0.29, 0.717) is 0 Å². The summed E-state index contributed by atoms with van der Waals surface area (Å²) < 4.78 is 1.52. The van der Waals surface area contributed by atoms with Crippen LogP contribution in [0.3, 0.4) is 0 Å². The van der Waals surface area contributed by atoms with Crippen LogP contribution in [0.4, 0.5) is 0 Å². The summed E-state index contributed by atoms with van der Waals surface area (Å²) in [6.45, 7) is 5.72. The molecule has 0 amide bonds. The van der Waals surface area contributed by atoms with E-state index in [1.165, 1.54) is 10.6 Å². The average Bonchev–Trinajstić information content (AvgIpc) is 2.38. The summed E-state index contributed by atoms with van der Waals surface area (Å²) in [5.74, 6) is -1.19. The summed E-state index contributed by atoms with van der Waals surface area (Å²) in [5.41, 5.74) is 2.10. The van der Waals surface area contributed by atoms with E-state index in [1.807, 2.05) is 45.0 Å². The third-order valence-corrected chi connectivity index (χ3v) is 3.21. The van der Waals surface area contributed by atoms with Crippen molar-refractivity contribution in [1.82, 2.24) is 4.57 Å². The van der Waals surface area contributed by atoms with Crippen LogP contribution in [0.25, 0.3) is 11.3 Å². The fourth-order valence-corrected chi connectivity index (χ4v) is 2.19. The van der Waals surface area contributed by atoms with E-state index >= 15 is 0 Å². The molecule has 0 atom stereocenters. The zero-order valence-electron chi connectivity index (χ0n) is 11.8. The molecular formula is C16H17NO3. The van der Waals surface area contributed by atoms with Gasteiger partial charge in [-0.05, 0) is 38.5 Å². The highest BCUT2D eigenvalue weighted by Crippen LogP contribution is 2.21. The summed E-state index contributed by atoms with van der Waals surface area (Å²) >= 11 is 0. The van der Waals surface area contributed by atoms with E-state index in [1.54, 1.807) is 6.07 Å². The van der Waals surface area contributed by atoms with E-state index in [4.69, 9.17) is 5.11 Å². The van der Waals surface area contributed by atoms with Gasteiger partial charge in [-0.3, -0.25) is 4.79 Å². The number of aromatic carboxylic acids is 1. The van der Waals surface area contributed by atoms with Crippen molar-refractivity contribution in [2.24, 2.45) is 0 Å². The Hall–Kier alpha value is -2.36. The van der Waals surface area contributed by atoms with Crippen molar-refractivity contribution in [2.75, 3.05) is 0 Å². The van der Waals surface area contributed by atoms with Crippen LogP contribution in [0.15, 0.2) is 41.2 Å². The van der Waals surface area contributed by atoms with Gasteiger partial charge in [0.25, 0.3) is 5.56 Å². The molecule has 104 valence electrons. The molecule has 0 saturated carbocycles. The van der Waals surface area contributed by atoms with Crippen LogP contribution in [0, 0.1) is 6.92 Å². The largest absolute Gasteiger partial charge is 0.477 e. The maximum Gasteiger partial charge on any atom is 0.341 e. The molecule has 0 radical (unpaired) electrons. The standard InChI is InChI=1S/C16H17NO3/c1-10(2)17-14(12-6-4-11(3)5-7-12)9-8-13(15(17)18)16(19)20/h4-10H,1-3H3,(H,19,20). The highest BCUT2D eigenvalue weighted by atomic mass is 16.4. The first-order valence-corrected chi connectivity index (χ1v) is 6.47. The van der Waals surface area contributed by atoms with Crippen LogP contribution in [0.5, 0.6) is 0 Å². The van der Waals surface area contributed by atoms with Gasteiger partial charge in [0.2, 0.25) is 0 Å². The molecule has 0 aliphatic carbocycles. The van der Waals surface area contributed by atoms with Crippen molar-refractivity contribution < 1.29 is 9.90 Å². The topological polar surface area (TPSA) is 59.3 Å². The molecule has 1 aromatic heterocycles. The first-order chi connectivity index (χ1) is 9.41. The Morgan fingerprint density at radius 3 is 2.20 bits per heavy atom. The normalized spacial score (nSPS) is 10.8. The first-order valence-electron chi connectivity index (χ1n) is 6.47. The molecule has 4 nitrogen and oxygen atoms in total. The van der Waals surface area contributed by atoms with Crippen LogP contribution in [-0.2, 0) is 0 Å². The predicted octanol–water partition coefficient (Wildman–Crippen LogP) is 3.10. The second-order valence-corrected chi connectivity index (χ2v) is 5.07. The average molecular weight is 271 g/mol. The van der Waals surface area contributed by atoms with Crippen LogP contribution < -0.4 is 5.56 Å². The highest BCUT2D eigenvalue weighted by molar-refractivity contribution is 5.87. The minimum atomic E-state index is -1.19. The van der Waals surface area contributed by atoms with Gasteiger partial charge in [-0.25, -0.2) is 4.79 Å².